The van der Waals surface area contributed by atoms with Gasteiger partial charge in [0.1, 0.15) is 17.2 Å². The Kier molecular flexibility index (Phi) is 3.84. The second kappa shape index (κ2) is 6.25. The van der Waals surface area contributed by atoms with Crippen molar-refractivity contribution in [2.45, 2.75) is 63.5 Å². The maximum atomic E-state index is 12.2. The summed E-state index contributed by atoms with van der Waals surface area (Å²) in [6.07, 6.45) is 5.62. The van der Waals surface area contributed by atoms with Gasteiger partial charge in [0.05, 0.1) is 18.9 Å². The molecular formula is C20H23N3O4. The molecule has 7 heteroatoms. The molecule has 7 nitrogen and oxygen atoms in total. The van der Waals surface area contributed by atoms with Gasteiger partial charge < -0.3 is 14.2 Å². The number of nitrogens with zero attached hydrogens (tertiary/aromatic N) is 3. The number of esters is 1. The number of fused-ring (bicyclic) bond motifs is 1. The SMILES string of the molecule is Cc1nc(C2CC(=O)OC23CCCCC3)n(Cc2ccc3c(c2)OCO3)n1. The first-order valence-electron chi connectivity index (χ1n) is 9.65. The highest BCUT2D eigenvalue weighted by molar-refractivity contribution is 5.74. The summed E-state index contributed by atoms with van der Waals surface area (Å²) >= 11 is 0. The van der Waals surface area contributed by atoms with Crippen molar-refractivity contribution in [1.82, 2.24) is 14.8 Å². The average Bonchev–Trinajstić information content (AvgIpc) is 3.33. The summed E-state index contributed by atoms with van der Waals surface area (Å²) in [5.41, 5.74) is 0.662. The Bertz CT molecular complexity index is 885. The van der Waals surface area contributed by atoms with E-state index >= 15 is 0 Å². The molecule has 3 heterocycles. The van der Waals surface area contributed by atoms with E-state index in [2.05, 4.69) is 5.10 Å². The van der Waals surface area contributed by atoms with Crippen LogP contribution < -0.4 is 9.47 Å². The molecule has 1 aliphatic carbocycles. The normalized spacial score (nSPS) is 23.0. The molecule has 1 unspecified atom stereocenters. The van der Waals surface area contributed by atoms with Gasteiger partial charge >= 0.3 is 5.97 Å². The zero-order valence-corrected chi connectivity index (χ0v) is 15.4. The van der Waals surface area contributed by atoms with Gasteiger partial charge in [-0.05, 0) is 50.3 Å². The lowest BCUT2D eigenvalue weighted by atomic mass is 9.75. The molecule has 5 rings (SSSR count). The maximum absolute atomic E-state index is 12.2. The van der Waals surface area contributed by atoms with Crippen LogP contribution in [0.4, 0.5) is 0 Å². The summed E-state index contributed by atoms with van der Waals surface area (Å²) < 4.78 is 18.7. The molecule has 1 aromatic heterocycles. The van der Waals surface area contributed by atoms with E-state index in [1.54, 1.807) is 0 Å². The number of hydrogen-bond acceptors (Lipinski definition) is 6. The van der Waals surface area contributed by atoms with Crippen LogP contribution in [0.3, 0.4) is 0 Å². The van der Waals surface area contributed by atoms with Crippen LogP contribution in [0.1, 0.15) is 61.7 Å². The first-order valence-corrected chi connectivity index (χ1v) is 9.65. The van der Waals surface area contributed by atoms with Crippen molar-refractivity contribution in [1.29, 1.82) is 0 Å². The number of benzene rings is 1. The third-order valence-electron chi connectivity index (χ3n) is 5.91. The summed E-state index contributed by atoms with van der Waals surface area (Å²) in [5, 5.41) is 4.61. The number of hydrogen-bond donors (Lipinski definition) is 0. The predicted octanol–water partition coefficient (Wildman–Crippen LogP) is 3.10. The number of aromatic nitrogens is 3. The van der Waals surface area contributed by atoms with Gasteiger partial charge in [-0.25, -0.2) is 9.67 Å². The minimum Gasteiger partial charge on any atom is -0.458 e. The van der Waals surface area contributed by atoms with Crippen LogP contribution in [0.25, 0.3) is 0 Å². The van der Waals surface area contributed by atoms with E-state index in [1.807, 2.05) is 29.8 Å². The zero-order chi connectivity index (χ0) is 18.4. The molecule has 2 aliphatic heterocycles. The highest BCUT2D eigenvalue weighted by atomic mass is 16.7. The molecule has 27 heavy (non-hydrogen) atoms. The van der Waals surface area contributed by atoms with Gasteiger partial charge in [-0.2, -0.15) is 5.10 Å². The second-order valence-electron chi connectivity index (χ2n) is 7.72. The molecule has 1 saturated carbocycles. The van der Waals surface area contributed by atoms with Crippen molar-refractivity contribution in [2.24, 2.45) is 0 Å². The Morgan fingerprint density at radius 3 is 2.85 bits per heavy atom. The first-order chi connectivity index (χ1) is 13.1. The molecule has 1 aromatic carbocycles. The molecule has 0 amide bonds. The van der Waals surface area contributed by atoms with Gasteiger partial charge in [0.2, 0.25) is 6.79 Å². The molecular weight excluding hydrogens is 346 g/mol. The lowest BCUT2D eigenvalue weighted by Gasteiger charge is -2.36. The number of rotatable bonds is 3. The first kappa shape index (κ1) is 16.6. The van der Waals surface area contributed by atoms with E-state index in [4.69, 9.17) is 19.2 Å². The molecule has 0 N–H and O–H groups in total. The van der Waals surface area contributed by atoms with E-state index in [-0.39, 0.29) is 18.7 Å². The average molecular weight is 369 g/mol. The second-order valence-corrected chi connectivity index (χ2v) is 7.72. The van der Waals surface area contributed by atoms with Gasteiger partial charge in [0.15, 0.2) is 11.5 Å². The van der Waals surface area contributed by atoms with E-state index in [0.717, 1.165) is 54.4 Å². The third kappa shape index (κ3) is 2.85. The molecule has 142 valence electrons. The molecule has 1 spiro atoms. The fraction of sp³-hybridized carbons (Fsp3) is 0.550. The molecule has 2 aromatic rings. The molecule has 1 atom stereocenters. The van der Waals surface area contributed by atoms with E-state index in [9.17, 15) is 4.79 Å². The quantitative estimate of drug-likeness (QED) is 0.774. The molecule has 0 radical (unpaired) electrons. The highest BCUT2D eigenvalue weighted by Gasteiger charge is 2.52. The van der Waals surface area contributed by atoms with Crippen molar-refractivity contribution in [3.63, 3.8) is 0 Å². The minimum atomic E-state index is -0.401. The third-order valence-corrected chi connectivity index (χ3v) is 5.91. The summed E-state index contributed by atoms with van der Waals surface area (Å²) in [6, 6.07) is 5.92. The topological polar surface area (TPSA) is 75.5 Å². The van der Waals surface area contributed by atoms with Crippen molar-refractivity contribution in [2.75, 3.05) is 6.79 Å². The monoisotopic (exact) mass is 369 g/mol. The van der Waals surface area contributed by atoms with Crippen LogP contribution in [0.2, 0.25) is 0 Å². The number of carbonyl (C=O) groups excluding carboxylic acids is 1. The van der Waals surface area contributed by atoms with Crippen molar-refractivity contribution >= 4 is 5.97 Å². The van der Waals surface area contributed by atoms with Gasteiger partial charge in [0, 0.05) is 0 Å². The lowest BCUT2D eigenvalue weighted by molar-refractivity contribution is -0.151. The van der Waals surface area contributed by atoms with Crippen LogP contribution in [-0.2, 0) is 16.1 Å². The van der Waals surface area contributed by atoms with Gasteiger partial charge in [-0.3, -0.25) is 4.79 Å². The Labute approximate surface area is 157 Å². The van der Waals surface area contributed by atoms with Crippen LogP contribution in [0, 0.1) is 6.92 Å². The Morgan fingerprint density at radius 1 is 1.19 bits per heavy atom. The largest absolute Gasteiger partial charge is 0.458 e. The van der Waals surface area contributed by atoms with Crippen molar-refractivity contribution in [3.8, 4) is 11.5 Å². The van der Waals surface area contributed by atoms with Crippen LogP contribution in [0.5, 0.6) is 11.5 Å². The lowest BCUT2D eigenvalue weighted by Crippen LogP contribution is -2.37. The number of ether oxygens (including phenoxy) is 3. The van der Waals surface area contributed by atoms with E-state index in [1.165, 1.54) is 6.42 Å². The van der Waals surface area contributed by atoms with E-state index in [0.29, 0.717) is 13.0 Å². The predicted molar refractivity (Wildman–Crippen MR) is 95.7 cm³/mol. The fourth-order valence-electron chi connectivity index (χ4n) is 4.68. The van der Waals surface area contributed by atoms with Crippen molar-refractivity contribution in [3.05, 3.63) is 35.4 Å². The summed E-state index contributed by atoms with van der Waals surface area (Å²) in [6.45, 7) is 2.73. The smallest absolute Gasteiger partial charge is 0.307 e. The standard InChI is InChI=1S/C20H23N3O4/c1-13-21-19(15-10-18(24)27-20(15)7-3-2-4-8-20)23(22-13)11-14-5-6-16-17(9-14)26-12-25-16/h5-6,9,15H,2-4,7-8,10-12H2,1H3. The van der Waals surface area contributed by atoms with E-state index < -0.39 is 5.60 Å². The van der Waals surface area contributed by atoms with Gasteiger partial charge in [0.25, 0.3) is 0 Å². The maximum Gasteiger partial charge on any atom is 0.307 e. The van der Waals surface area contributed by atoms with Crippen molar-refractivity contribution < 1.29 is 19.0 Å². The highest BCUT2D eigenvalue weighted by Crippen LogP contribution is 2.48. The summed E-state index contributed by atoms with van der Waals surface area (Å²) in [7, 11) is 0. The molecule has 0 bridgehead atoms. The molecule has 2 fully saturated rings. The molecule has 3 aliphatic rings. The van der Waals surface area contributed by atoms with Crippen LogP contribution in [0.15, 0.2) is 18.2 Å². The van der Waals surface area contributed by atoms with Gasteiger partial charge in [-0.1, -0.05) is 12.5 Å². The summed E-state index contributed by atoms with van der Waals surface area (Å²) in [4.78, 5) is 16.9. The molecule has 1 saturated heterocycles. The minimum absolute atomic E-state index is 0.0273. The van der Waals surface area contributed by atoms with Crippen LogP contribution in [-0.4, -0.2) is 33.1 Å². The number of carbonyl (C=O) groups is 1. The van der Waals surface area contributed by atoms with Gasteiger partial charge in [-0.15, -0.1) is 0 Å². The Balaban J connectivity index is 1.48. The number of aryl methyl sites for hydroxylation is 1. The Morgan fingerprint density at radius 2 is 2.00 bits per heavy atom. The zero-order valence-electron chi connectivity index (χ0n) is 15.4. The summed E-state index contributed by atoms with van der Waals surface area (Å²) in [5.74, 6) is 2.96. The van der Waals surface area contributed by atoms with Crippen LogP contribution >= 0.6 is 0 Å². The Hall–Kier alpha value is -2.57. The fourth-order valence-corrected chi connectivity index (χ4v) is 4.68.